The Morgan fingerprint density at radius 2 is 2.11 bits per heavy atom. The van der Waals surface area contributed by atoms with Crippen molar-refractivity contribution in [3.63, 3.8) is 0 Å². The maximum atomic E-state index is 11.7. The molecule has 1 fully saturated rings. The van der Waals surface area contributed by atoms with Crippen LogP contribution in [0.25, 0.3) is 0 Å². The molecule has 0 spiro atoms. The molecule has 3 N–H and O–H groups in total. The van der Waals surface area contributed by atoms with Gasteiger partial charge in [-0.25, -0.2) is 0 Å². The highest BCUT2D eigenvalue weighted by molar-refractivity contribution is 7.85. The van der Waals surface area contributed by atoms with Crippen molar-refractivity contribution in [2.75, 3.05) is 17.2 Å². The van der Waals surface area contributed by atoms with Crippen molar-refractivity contribution in [2.45, 2.75) is 16.6 Å². The van der Waals surface area contributed by atoms with Gasteiger partial charge in [0.15, 0.2) is 0 Å². The Balaban J connectivity index is 2.40. The first-order chi connectivity index (χ1) is 8.29. The summed E-state index contributed by atoms with van der Waals surface area (Å²) in [5, 5.41) is -0.0573. The van der Waals surface area contributed by atoms with E-state index in [0.29, 0.717) is 18.7 Å². The van der Waals surface area contributed by atoms with Crippen LogP contribution in [0.1, 0.15) is 6.42 Å². The molecule has 0 radical (unpaired) electrons. The topological polar surface area (TPSA) is 101 Å². The third kappa shape index (κ3) is 2.45. The van der Waals surface area contributed by atoms with Crippen molar-refractivity contribution in [3.05, 3.63) is 18.2 Å². The quantitative estimate of drug-likeness (QED) is 0.419. The number of thiol groups is 1. The summed E-state index contributed by atoms with van der Waals surface area (Å²) in [6, 6.07) is 3.74. The predicted molar refractivity (Wildman–Crippen MR) is 70.4 cm³/mol. The number of carbonyl (C=O) groups is 1. The molecule has 1 atom stereocenters. The van der Waals surface area contributed by atoms with Crippen LogP contribution in [0.5, 0.6) is 0 Å². The lowest BCUT2D eigenvalue weighted by molar-refractivity contribution is -0.117. The lowest BCUT2D eigenvalue weighted by atomic mass is 10.2. The Kier molecular flexibility index (Phi) is 3.26. The average molecular weight is 288 g/mol. The maximum Gasteiger partial charge on any atom is 0.294 e. The van der Waals surface area contributed by atoms with E-state index >= 15 is 0 Å². The highest BCUT2D eigenvalue weighted by Gasteiger charge is 2.29. The largest absolute Gasteiger partial charge is 0.397 e. The highest BCUT2D eigenvalue weighted by Crippen LogP contribution is 2.30. The second kappa shape index (κ2) is 4.45. The van der Waals surface area contributed by atoms with E-state index in [2.05, 4.69) is 12.6 Å². The summed E-state index contributed by atoms with van der Waals surface area (Å²) >= 11 is 4.22. The zero-order valence-corrected chi connectivity index (χ0v) is 11.0. The van der Waals surface area contributed by atoms with E-state index in [1.54, 1.807) is 0 Å². The predicted octanol–water partition coefficient (Wildman–Crippen LogP) is 0.551. The van der Waals surface area contributed by atoms with Crippen LogP contribution in [0.15, 0.2) is 23.1 Å². The van der Waals surface area contributed by atoms with Crippen molar-refractivity contribution in [2.24, 2.45) is 0 Å². The van der Waals surface area contributed by atoms with Gasteiger partial charge in [0, 0.05) is 18.2 Å². The molecule has 18 heavy (non-hydrogen) atoms. The first-order valence-electron chi connectivity index (χ1n) is 5.14. The molecule has 0 aromatic heterocycles. The summed E-state index contributed by atoms with van der Waals surface area (Å²) < 4.78 is 30.8. The average Bonchev–Trinajstić information content (AvgIpc) is 2.56. The number of nitrogen functional groups attached to an aromatic ring is 1. The van der Waals surface area contributed by atoms with Crippen LogP contribution >= 0.6 is 12.6 Å². The van der Waals surface area contributed by atoms with Gasteiger partial charge in [0.05, 0.1) is 16.3 Å². The molecule has 6 nitrogen and oxygen atoms in total. The van der Waals surface area contributed by atoms with Crippen LogP contribution in [-0.4, -0.2) is 30.7 Å². The van der Waals surface area contributed by atoms with Crippen LogP contribution in [0, 0.1) is 0 Å². The molecule has 1 heterocycles. The van der Waals surface area contributed by atoms with Crippen molar-refractivity contribution in [1.29, 1.82) is 0 Å². The molecular formula is C10H12N2O4S2. The van der Waals surface area contributed by atoms with E-state index in [9.17, 15) is 13.2 Å². The van der Waals surface area contributed by atoms with Gasteiger partial charge in [0.1, 0.15) is 0 Å². The molecule has 1 amide bonds. The number of hydrogen-bond acceptors (Lipinski definition) is 5. The molecule has 1 aliphatic rings. The minimum Gasteiger partial charge on any atom is -0.397 e. The molecule has 2 rings (SSSR count). The fourth-order valence-corrected chi connectivity index (χ4v) is 2.70. The van der Waals surface area contributed by atoms with Gasteiger partial charge in [-0.3, -0.25) is 9.35 Å². The fraction of sp³-hybridized carbons (Fsp3) is 0.300. The molecule has 1 aromatic rings. The van der Waals surface area contributed by atoms with Crippen molar-refractivity contribution in [1.82, 2.24) is 0 Å². The van der Waals surface area contributed by atoms with E-state index in [1.807, 2.05) is 0 Å². The fourth-order valence-electron chi connectivity index (χ4n) is 1.86. The minimum absolute atomic E-state index is 0.0573. The molecule has 8 heteroatoms. The standard InChI is InChI=1S/C10H12N2O4S2/c11-8-4-7(18(14,15)16)1-2-9(8)12-5-6(17)3-10(12)13/h1-2,4,6,17H,3,5,11H2,(H,14,15,16). The van der Waals surface area contributed by atoms with E-state index in [0.717, 1.165) is 6.07 Å². The summed E-state index contributed by atoms with van der Waals surface area (Å²) in [6.45, 7) is 0.428. The third-order valence-corrected chi connectivity index (χ3v) is 3.89. The monoisotopic (exact) mass is 288 g/mol. The van der Waals surface area contributed by atoms with Crippen LogP contribution in [-0.2, 0) is 14.9 Å². The number of amides is 1. The SMILES string of the molecule is Nc1cc(S(=O)(=O)O)ccc1N1CC(S)CC1=O. The number of benzene rings is 1. The maximum absolute atomic E-state index is 11.7. The highest BCUT2D eigenvalue weighted by atomic mass is 32.2. The van der Waals surface area contributed by atoms with Crippen molar-refractivity contribution in [3.8, 4) is 0 Å². The summed E-state index contributed by atoms with van der Waals surface area (Å²) in [5.41, 5.74) is 6.27. The zero-order chi connectivity index (χ0) is 13.5. The molecule has 1 unspecified atom stereocenters. The number of nitrogens with two attached hydrogens (primary N) is 1. The number of nitrogens with zero attached hydrogens (tertiary/aromatic N) is 1. The molecule has 0 saturated carbocycles. The van der Waals surface area contributed by atoms with Gasteiger partial charge < -0.3 is 10.6 Å². The van der Waals surface area contributed by atoms with Gasteiger partial charge in [-0.05, 0) is 18.2 Å². The molecule has 0 bridgehead atoms. The molecule has 1 aliphatic heterocycles. The van der Waals surface area contributed by atoms with Gasteiger partial charge in [-0.1, -0.05) is 0 Å². The lowest BCUT2D eigenvalue weighted by Gasteiger charge is -2.18. The van der Waals surface area contributed by atoms with Gasteiger partial charge >= 0.3 is 0 Å². The molecule has 0 aliphatic carbocycles. The lowest BCUT2D eigenvalue weighted by Crippen LogP contribution is -2.25. The summed E-state index contributed by atoms with van der Waals surface area (Å²) in [4.78, 5) is 12.8. The first-order valence-corrected chi connectivity index (χ1v) is 7.10. The molecule has 1 saturated heterocycles. The summed E-state index contributed by atoms with van der Waals surface area (Å²) in [7, 11) is -4.29. The van der Waals surface area contributed by atoms with Crippen LogP contribution in [0.4, 0.5) is 11.4 Å². The third-order valence-electron chi connectivity index (χ3n) is 2.69. The van der Waals surface area contributed by atoms with Crippen molar-refractivity contribution >= 4 is 40.0 Å². The van der Waals surface area contributed by atoms with E-state index in [-0.39, 0.29) is 21.7 Å². The second-order valence-corrected chi connectivity index (χ2v) is 6.21. The molecular weight excluding hydrogens is 276 g/mol. The second-order valence-electron chi connectivity index (χ2n) is 4.06. The van der Waals surface area contributed by atoms with E-state index in [1.165, 1.54) is 17.0 Å². The summed E-state index contributed by atoms with van der Waals surface area (Å²) in [5.74, 6) is -0.110. The Morgan fingerprint density at radius 3 is 2.56 bits per heavy atom. The smallest absolute Gasteiger partial charge is 0.294 e. The van der Waals surface area contributed by atoms with Crippen LogP contribution < -0.4 is 10.6 Å². The molecule has 98 valence electrons. The normalized spacial score (nSPS) is 20.4. The van der Waals surface area contributed by atoms with Gasteiger partial charge in [0.25, 0.3) is 10.1 Å². The van der Waals surface area contributed by atoms with Gasteiger partial charge in [0.2, 0.25) is 5.91 Å². The number of hydrogen-bond donors (Lipinski definition) is 3. The Morgan fingerprint density at radius 1 is 1.44 bits per heavy atom. The number of anilines is 2. The summed E-state index contributed by atoms with van der Waals surface area (Å²) in [6.07, 6.45) is 0.322. The van der Waals surface area contributed by atoms with Gasteiger partial charge in [-0.15, -0.1) is 0 Å². The van der Waals surface area contributed by atoms with E-state index in [4.69, 9.17) is 10.3 Å². The zero-order valence-electron chi connectivity index (χ0n) is 9.28. The Hall–Kier alpha value is -1.25. The van der Waals surface area contributed by atoms with Crippen molar-refractivity contribution < 1.29 is 17.8 Å². The minimum atomic E-state index is -4.29. The van der Waals surface area contributed by atoms with Crippen LogP contribution in [0.3, 0.4) is 0 Å². The first kappa shape index (κ1) is 13.2. The Bertz CT molecular complexity index is 600. The molecule has 1 aromatic carbocycles. The van der Waals surface area contributed by atoms with E-state index < -0.39 is 10.1 Å². The van der Waals surface area contributed by atoms with Gasteiger partial charge in [-0.2, -0.15) is 21.0 Å². The van der Waals surface area contributed by atoms with Crippen LogP contribution in [0.2, 0.25) is 0 Å². The number of rotatable bonds is 2. The Labute approximate surface area is 110 Å². The number of carbonyl (C=O) groups excluding carboxylic acids is 1.